The summed E-state index contributed by atoms with van der Waals surface area (Å²) >= 11 is 6.20. The van der Waals surface area contributed by atoms with E-state index >= 15 is 0 Å². The maximum Gasteiger partial charge on any atom is 0.226 e. The Morgan fingerprint density at radius 3 is 2.75 bits per heavy atom. The van der Waals surface area contributed by atoms with E-state index in [4.69, 9.17) is 11.6 Å². The van der Waals surface area contributed by atoms with Crippen LogP contribution in [0.15, 0.2) is 36.8 Å². The highest BCUT2D eigenvalue weighted by Crippen LogP contribution is 2.19. The predicted molar refractivity (Wildman–Crippen MR) is 80.2 cm³/mol. The van der Waals surface area contributed by atoms with Gasteiger partial charge in [-0.2, -0.15) is 4.98 Å². The quantitative estimate of drug-likeness (QED) is 0.743. The molecule has 6 heteroatoms. The molecule has 3 rings (SSSR count). The lowest BCUT2D eigenvalue weighted by molar-refractivity contribution is 0.811. The van der Waals surface area contributed by atoms with Crippen LogP contribution >= 0.6 is 11.6 Å². The van der Waals surface area contributed by atoms with Crippen LogP contribution in [0.1, 0.15) is 5.56 Å². The number of imidazole rings is 1. The van der Waals surface area contributed by atoms with Gasteiger partial charge in [-0.3, -0.25) is 0 Å². The van der Waals surface area contributed by atoms with Crippen molar-refractivity contribution in [1.82, 2.24) is 19.5 Å². The predicted octanol–water partition coefficient (Wildman–Crippen LogP) is 2.59. The van der Waals surface area contributed by atoms with Crippen molar-refractivity contribution in [2.75, 3.05) is 19.0 Å². The summed E-state index contributed by atoms with van der Waals surface area (Å²) in [5.74, 6) is 0.665. The van der Waals surface area contributed by atoms with Gasteiger partial charge in [0.1, 0.15) is 5.52 Å². The summed E-state index contributed by atoms with van der Waals surface area (Å²) in [5.41, 5.74) is 2.63. The van der Waals surface area contributed by atoms with E-state index in [1.54, 1.807) is 12.5 Å². The van der Waals surface area contributed by atoms with Gasteiger partial charge in [-0.1, -0.05) is 29.8 Å². The van der Waals surface area contributed by atoms with E-state index in [2.05, 4.69) is 15.0 Å². The van der Waals surface area contributed by atoms with Gasteiger partial charge in [0.15, 0.2) is 5.65 Å². The number of nitrogens with zero attached hydrogens (tertiary/aromatic N) is 5. The molecule has 0 aliphatic heterocycles. The molecular formula is C14H14ClN5. The Kier molecular flexibility index (Phi) is 3.28. The number of fused-ring (bicyclic) bond motifs is 1. The Labute approximate surface area is 121 Å². The van der Waals surface area contributed by atoms with E-state index in [1.165, 1.54) is 0 Å². The Hall–Kier alpha value is -2.14. The minimum atomic E-state index is 0.639. The van der Waals surface area contributed by atoms with E-state index < -0.39 is 0 Å². The summed E-state index contributed by atoms with van der Waals surface area (Å²) in [6.07, 6.45) is 3.50. The van der Waals surface area contributed by atoms with Gasteiger partial charge in [0.05, 0.1) is 19.1 Å². The van der Waals surface area contributed by atoms with Gasteiger partial charge in [0.25, 0.3) is 0 Å². The zero-order chi connectivity index (χ0) is 14.1. The lowest BCUT2D eigenvalue weighted by Gasteiger charge is -2.10. The monoisotopic (exact) mass is 287 g/mol. The summed E-state index contributed by atoms with van der Waals surface area (Å²) < 4.78 is 1.98. The lowest BCUT2D eigenvalue weighted by atomic mass is 10.2. The van der Waals surface area contributed by atoms with Crippen LogP contribution in [0.25, 0.3) is 11.2 Å². The minimum absolute atomic E-state index is 0.639. The van der Waals surface area contributed by atoms with Crippen molar-refractivity contribution in [3.8, 4) is 0 Å². The zero-order valence-corrected chi connectivity index (χ0v) is 12.0. The van der Waals surface area contributed by atoms with Crippen LogP contribution in [0.4, 0.5) is 5.95 Å². The molecule has 5 nitrogen and oxygen atoms in total. The second-order valence-corrected chi connectivity index (χ2v) is 5.14. The summed E-state index contributed by atoms with van der Waals surface area (Å²) in [7, 11) is 3.83. The van der Waals surface area contributed by atoms with Crippen LogP contribution in [0.5, 0.6) is 0 Å². The number of rotatable bonds is 3. The molecular weight excluding hydrogens is 274 g/mol. The maximum atomic E-state index is 6.20. The van der Waals surface area contributed by atoms with Crippen molar-refractivity contribution in [2.45, 2.75) is 6.54 Å². The topological polar surface area (TPSA) is 46.8 Å². The highest BCUT2D eigenvalue weighted by atomic mass is 35.5. The fraction of sp³-hybridized carbons (Fsp3) is 0.214. The molecule has 1 aromatic carbocycles. The van der Waals surface area contributed by atoms with E-state index in [0.29, 0.717) is 12.5 Å². The summed E-state index contributed by atoms with van der Waals surface area (Å²) in [4.78, 5) is 15.0. The van der Waals surface area contributed by atoms with Crippen molar-refractivity contribution in [2.24, 2.45) is 0 Å². The van der Waals surface area contributed by atoms with Crippen molar-refractivity contribution >= 4 is 28.7 Å². The number of anilines is 1. The van der Waals surface area contributed by atoms with Crippen LogP contribution in [-0.4, -0.2) is 33.6 Å². The average Bonchev–Trinajstić information content (AvgIpc) is 2.84. The molecule has 2 aromatic heterocycles. The van der Waals surface area contributed by atoms with Gasteiger partial charge < -0.3 is 9.47 Å². The second kappa shape index (κ2) is 5.09. The molecule has 0 atom stereocenters. The third kappa shape index (κ3) is 2.32. The van der Waals surface area contributed by atoms with E-state index in [0.717, 1.165) is 21.7 Å². The highest BCUT2D eigenvalue weighted by Gasteiger charge is 2.09. The zero-order valence-electron chi connectivity index (χ0n) is 11.3. The van der Waals surface area contributed by atoms with Crippen molar-refractivity contribution in [3.63, 3.8) is 0 Å². The Bertz CT molecular complexity index is 750. The molecule has 0 saturated carbocycles. The van der Waals surface area contributed by atoms with Crippen molar-refractivity contribution < 1.29 is 0 Å². The molecule has 0 amide bonds. The fourth-order valence-electron chi connectivity index (χ4n) is 1.99. The van der Waals surface area contributed by atoms with Gasteiger partial charge in [-0.25, -0.2) is 9.97 Å². The molecule has 3 aromatic rings. The van der Waals surface area contributed by atoms with Gasteiger partial charge in [0.2, 0.25) is 5.95 Å². The third-order valence-electron chi connectivity index (χ3n) is 3.04. The normalized spacial score (nSPS) is 10.9. The van der Waals surface area contributed by atoms with Crippen molar-refractivity contribution in [1.29, 1.82) is 0 Å². The first kappa shape index (κ1) is 12.9. The number of hydrogen-bond donors (Lipinski definition) is 0. The molecule has 0 fully saturated rings. The molecule has 2 heterocycles. The van der Waals surface area contributed by atoms with E-state index in [9.17, 15) is 0 Å². The second-order valence-electron chi connectivity index (χ2n) is 4.74. The first-order chi connectivity index (χ1) is 9.65. The summed E-state index contributed by atoms with van der Waals surface area (Å²) in [5, 5.41) is 0.747. The molecule has 0 saturated heterocycles. The smallest absolute Gasteiger partial charge is 0.226 e. The van der Waals surface area contributed by atoms with E-state index in [-0.39, 0.29) is 0 Å². The molecule has 102 valence electrons. The third-order valence-corrected chi connectivity index (χ3v) is 3.41. The highest BCUT2D eigenvalue weighted by molar-refractivity contribution is 6.31. The van der Waals surface area contributed by atoms with Crippen LogP contribution < -0.4 is 4.90 Å². The van der Waals surface area contributed by atoms with Crippen LogP contribution in [-0.2, 0) is 6.54 Å². The number of hydrogen-bond acceptors (Lipinski definition) is 4. The number of halogens is 1. The molecule has 0 bridgehead atoms. The fourth-order valence-corrected chi connectivity index (χ4v) is 2.18. The molecule has 0 aliphatic rings. The minimum Gasteiger partial charge on any atom is -0.347 e. The standard InChI is InChI=1S/C14H14ClN5/c1-19(2)14-16-7-12-13(18-14)20(9-17-12)8-10-5-3-4-6-11(10)15/h3-7,9H,8H2,1-2H3. The number of benzene rings is 1. The molecule has 0 N–H and O–H groups in total. The van der Waals surface area contributed by atoms with Gasteiger partial charge >= 0.3 is 0 Å². The average molecular weight is 288 g/mol. The lowest BCUT2D eigenvalue weighted by Crippen LogP contribution is -2.13. The Morgan fingerprint density at radius 1 is 1.20 bits per heavy atom. The summed E-state index contributed by atoms with van der Waals surface area (Å²) in [6, 6.07) is 7.78. The number of aromatic nitrogens is 4. The van der Waals surface area contributed by atoms with Crippen LogP contribution in [0, 0.1) is 0 Å². The SMILES string of the molecule is CN(C)c1ncc2ncn(Cc3ccccc3Cl)c2n1. The molecule has 0 radical (unpaired) electrons. The molecule has 0 unspecified atom stereocenters. The summed E-state index contributed by atoms with van der Waals surface area (Å²) in [6.45, 7) is 0.639. The maximum absolute atomic E-state index is 6.20. The van der Waals surface area contributed by atoms with Crippen LogP contribution in [0.3, 0.4) is 0 Å². The van der Waals surface area contributed by atoms with Gasteiger partial charge in [0, 0.05) is 19.1 Å². The van der Waals surface area contributed by atoms with Crippen molar-refractivity contribution in [3.05, 3.63) is 47.4 Å². The molecule has 0 spiro atoms. The Morgan fingerprint density at radius 2 is 2.00 bits per heavy atom. The Balaban J connectivity index is 2.03. The van der Waals surface area contributed by atoms with Crippen LogP contribution in [0.2, 0.25) is 5.02 Å². The molecule has 20 heavy (non-hydrogen) atoms. The van der Waals surface area contributed by atoms with E-state index in [1.807, 2.05) is 47.8 Å². The first-order valence-corrected chi connectivity index (χ1v) is 6.61. The largest absolute Gasteiger partial charge is 0.347 e. The van der Waals surface area contributed by atoms with Gasteiger partial charge in [-0.05, 0) is 11.6 Å². The first-order valence-electron chi connectivity index (χ1n) is 6.24. The molecule has 0 aliphatic carbocycles. The van der Waals surface area contributed by atoms with Gasteiger partial charge in [-0.15, -0.1) is 0 Å².